The molecule has 0 saturated heterocycles. The Balaban J connectivity index is 2.02. The van der Waals surface area contributed by atoms with Gasteiger partial charge in [0.2, 0.25) is 0 Å². The predicted molar refractivity (Wildman–Crippen MR) is 65.7 cm³/mol. The van der Waals surface area contributed by atoms with Crippen LogP contribution in [-0.2, 0) is 0 Å². The molecule has 0 aromatic heterocycles. The Bertz CT molecular complexity index is 215. The molecule has 0 spiro atoms. The molecule has 0 aliphatic heterocycles. The first-order valence-electron chi connectivity index (χ1n) is 6.81. The van der Waals surface area contributed by atoms with Crippen molar-refractivity contribution in [1.29, 1.82) is 0 Å². The number of hydrogen-bond donors (Lipinski definition) is 1. The molecular weight excluding hydrogens is 182 g/mol. The van der Waals surface area contributed by atoms with Crippen molar-refractivity contribution >= 4 is 0 Å². The smallest absolute Gasteiger partial charge is 0.0183 e. The molecule has 0 aromatic rings. The van der Waals surface area contributed by atoms with Gasteiger partial charge in [-0.05, 0) is 49.9 Å². The van der Waals surface area contributed by atoms with Gasteiger partial charge in [0.15, 0.2) is 0 Å². The highest BCUT2D eigenvalue weighted by Gasteiger charge is 2.39. The van der Waals surface area contributed by atoms with E-state index in [0.717, 1.165) is 5.92 Å². The van der Waals surface area contributed by atoms with Gasteiger partial charge in [-0.25, -0.2) is 0 Å². The minimum absolute atomic E-state index is 0.199. The standard InChI is InChI=1S/C14H27N/c1-13(2)8-5-9-14(15,11-10-13)12-6-3-4-7-12/h12H,3-11,15H2,1-2H3. The molecule has 2 aliphatic carbocycles. The van der Waals surface area contributed by atoms with Crippen LogP contribution in [0.5, 0.6) is 0 Å². The third-order valence-corrected chi connectivity index (χ3v) is 4.93. The highest BCUT2D eigenvalue weighted by Crippen LogP contribution is 2.44. The fraction of sp³-hybridized carbons (Fsp3) is 1.00. The first-order chi connectivity index (χ1) is 7.02. The van der Waals surface area contributed by atoms with Crippen molar-refractivity contribution < 1.29 is 0 Å². The van der Waals surface area contributed by atoms with Crippen molar-refractivity contribution in [3.05, 3.63) is 0 Å². The van der Waals surface area contributed by atoms with Crippen LogP contribution in [0.4, 0.5) is 0 Å². The molecule has 2 aliphatic rings. The van der Waals surface area contributed by atoms with Gasteiger partial charge in [-0.1, -0.05) is 33.1 Å². The summed E-state index contributed by atoms with van der Waals surface area (Å²) >= 11 is 0. The molecular formula is C14H27N. The van der Waals surface area contributed by atoms with E-state index in [1.165, 1.54) is 57.8 Å². The van der Waals surface area contributed by atoms with E-state index in [1.54, 1.807) is 0 Å². The van der Waals surface area contributed by atoms with Crippen molar-refractivity contribution in [2.75, 3.05) is 0 Å². The minimum Gasteiger partial charge on any atom is -0.325 e. The van der Waals surface area contributed by atoms with E-state index in [4.69, 9.17) is 5.73 Å². The highest BCUT2D eigenvalue weighted by atomic mass is 14.8. The normalized spacial score (nSPS) is 37.8. The Labute approximate surface area is 94.8 Å². The lowest BCUT2D eigenvalue weighted by molar-refractivity contribution is 0.229. The number of hydrogen-bond acceptors (Lipinski definition) is 1. The van der Waals surface area contributed by atoms with Crippen LogP contribution in [0.3, 0.4) is 0 Å². The van der Waals surface area contributed by atoms with Gasteiger partial charge in [0.1, 0.15) is 0 Å². The summed E-state index contributed by atoms with van der Waals surface area (Å²) in [6, 6.07) is 0. The fourth-order valence-corrected chi connectivity index (χ4v) is 3.63. The molecule has 2 fully saturated rings. The van der Waals surface area contributed by atoms with E-state index < -0.39 is 0 Å². The first-order valence-corrected chi connectivity index (χ1v) is 6.81. The van der Waals surface area contributed by atoms with Crippen LogP contribution in [0.2, 0.25) is 0 Å². The van der Waals surface area contributed by atoms with Gasteiger partial charge in [0.25, 0.3) is 0 Å². The summed E-state index contributed by atoms with van der Waals surface area (Å²) in [4.78, 5) is 0. The van der Waals surface area contributed by atoms with Crippen molar-refractivity contribution in [2.24, 2.45) is 17.1 Å². The van der Waals surface area contributed by atoms with E-state index >= 15 is 0 Å². The lowest BCUT2D eigenvalue weighted by Gasteiger charge is -2.35. The lowest BCUT2D eigenvalue weighted by atomic mass is 9.76. The second-order valence-electron chi connectivity index (χ2n) is 6.73. The van der Waals surface area contributed by atoms with Gasteiger partial charge in [0, 0.05) is 5.54 Å². The van der Waals surface area contributed by atoms with Crippen LogP contribution in [0.25, 0.3) is 0 Å². The zero-order valence-electron chi connectivity index (χ0n) is 10.5. The molecule has 15 heavy (non-hydrogen) atoms. The summed E-state index contributed by atoms with van der Waals surface area (Å²) in [6.45, 7) is 4.82. The van der Waals surface area contributed by atoms with E-state index in [0.29, 0.717) is 5.41 Å². The first kappa shape index (κ1) is 11.4. The zero-order valence-corrected chi connectivity index (χ0v) is 10.5. The van der Waals surface area contributed by atoms with Gasteiger partial charge in [-0.3, -0.25) is 0 Å². The highest BCUT2D eigenvalue weighted by molar-refractivity contribution is 4.96. The summed E-state index contributed by atoms with van der Waals surface area (Å²) in [7, 11) is 0. The van der Waals surface area contributed by atoms with Crippen molar-refractivity contribution in [1.82, 2.24) is 0 Å². The Morgan fingerprint density at radius 3 is 2.20 bits per heavy atom. The van der Waals surface area contributed by atoms with Crippen molar-refractivity contribution in [3.8, 4) is 0 Å². The maximum Gasteiger partial charge on any atom is 0.0183 e. The molecule has 2 N–H and O–H groups in total. The fourth-order valence-electron chi connectivity index (χ4n) is 3.63. The Hall–Kier alpha value is -0.0400. The molecule has 0 amide bonds. The Morgan fingerprint density at radius 1 is 0.867 bits per heavy atom. The third kappa shape index (κ3) is 2.55. The molecule has 1 nitrogen and oxygen atoms in total. The summed E-state index contributed by atoms with van der Waals surface area (Å²) < 4.78 is 0. The van der Waals surface area contributed by atoms with Crippen molar-refractivity contribution in [3.63, 3.8) is 0 Å². The molecule has 1 heteroatoms. The van der Waals surface area contributed by atoms with Crippen LogP contribution in [-0.4, -0.2) is 5.54 Å². The second kappa shape index (κ2) is 4.08. The molecule has 1 unspecified atom stereocenters. The molecule has 2 saturated carbocycles. The minimum atomic E-state index is 0.199. The average molecular weight is 209 g/mol. The molecule has 0 aromatic carbocycles. The molecule has 2 rings (SSSR count). The summed E-state index contributed by atoms with van der Waals surface area (Å²) in [5.74, 6) is 0.839. The molecule has 0 radical (unpaired) electrons. The van der Waals surface area contributed by atoms with Crippen LogP contribution in [0.1, 0.15) is 71.6 Å². The van der Waals surface area contributed by atoms with E-state index in [2.05, 4.69) is 13.8 Å². The SMILES string of the molecule is CC1(C)CCCC(N)(C2CCCC2)CC1. The van der Waals surface area contributed by atoms with E-state index in [-0.39, 0.29) is 5.54 Å². The maximum atomic E-state index is 6.69. The van der Waals surface area contributed by atoms with Gasteiger partial charge in [0.05, 0.1) is 0 Å². The number of rotatable bonds is 1. The van der Waals surface area contributed by atoms with Gasteiger partial charge >= 0.3 is 0 Å². The second-order valence-corrected chi connectivity index (χ2v) is 6.73. The molecule has 0 heterocycles. The number of nitrogens with two attached hydrogens (primary N) is 1. The largest absolute Gasteiger partial charge is 0.325 e. The molecule has 0 bridgehead atoms. The van der Waals surface area contributed by atoms with Gasteiger partial charge < -0.3 is 5.73 Å². The van der Waals surface area contributed by atoms with Crippen LogP contribution < -0.4 is 5.73 Å². The van der Waals surface area contributed by atoms with E-state index in [9.17, 15) is 0 Å². The lowest BCUT2D eigenvalue weighted by Crippen LogP contribution is -2.45. The summed E-state index contributed by atoms with van der Waals surface area (Å²) in [6.07, 6.45) is 12.2. The summed E-state index contributed by atoms with van der Waals surface area (Å²) in [5, 5.41) is 0. The average Bonchev–Trinajstić information content (AvgIpc) is 2.64. The van der Waals surface area contributed by atoms with E-state index in [1.807, 2.05) is 0 Å². The van der Waals surface area contributed by atoms with Crippen molar-refractivity contribution in [2.45, 2.75) is 77.2 Å². The van der Waals surface area contributed by atoms with Crippen LogP contribution in [0, 0.1) is 11.3 Å². The van der Waals surface area contributed by atoms with Gasteiger partial charge in [-0.2, -0.15) is 0 Å². The zero-order chi connectivity index (χ0) is 10.9. The molecule has 1 atom stereocenters. The van der Waals surface area contributed by atoms with Gasteiger partial charge in [-0.15, -0.1) is 0 Å². The van der Waals surface area contributed by atoms with Crippen LogP contribution in [0.15, 0.2) is 0 Å². The quantitative estimate of drug-likeness (QED) is 0.652. The molecule has 88 valence electrons. The summed E-state index contributed by atoms with van der Waals surface area (Å²) in [5.41, 5.74) is 7.43. The van der Waals surface area contributed by atoms with Crippen LogP contribution >= 0.6 is 0 Å². The third-order valence-electron chi connectivity index (χ3n) is 4.93. The maximum absolute atomic E-state index is 6.69. The topological polar surface area (TPSA) is 26.0 Å². The predicted octanol–water partition coefficient (Wildman–Crippen LogP) is 3.86. The monoisotopic (exact) mass is 209 g/mol. The Kier molecular flexibility index (Phi) is 3.12. The Morgan fingerprint density at radius 2 is 1.53 bits per heavy atom.